The zero-order valence-electron chi connectivity index (χ0n) is 14.3. The molecule has 0 aromatic carbocycles. The minimum Gasteiger partial charge on any atom is -0.378 e. The van der Waals surface area contributed by atoms with E-state index in [-0.39, 0.29) is 5.91 Å². The van der Waals surface area contributed by atoms with Gasteiger partial charge in [0.2, 0.25) is 0 Å². The molecular weight excluding hydrogens is 262 g/mol. The molecule has 1 amide bonds. The van der Waals surface area contributed by atoms with Gasteiger partial charge in [-0.3, -0.25) is 4.79 Å². The summed E-state index contributed by atoms with van der Waals surface area (Å²) in [5, 5.41) is 0. The highest BCUT2D eigenvalue weighted by atomic mass is 16.5. The van der Waals surface area contributed by atoms with E-state index in [9.17, 15) is 4.79 Å². The molecule has 0 aliphatic carbocycles. The Morgan fingerprint density at radius 3 is 2.19 bits per heavy atom. The van der Waals surface area contributed by atoms with Crippen molar-refractivity contribution in [2.75, 3.05) is 26.3 Å². The molecule has 3 heteroatoms. The van der Waals surface area contributed by atoms with Crippen LogP contribution in [0.3, 0.4) is 0 Å². The van der Waals surface area contributed by atoms with Crippen molar-refractivity contribution in [1.82, 2.24) is 4.90 Å². The highest BCUT2D eigenvalue weighted by Gasteiger charge is 2.18. The molecule has 120 valence electrons. The lowest BCUT2D eigenvalue weighted by atomic mass is 10.0. The summed E-state index contributed by atoms with van der Waals surface area (Å²) in [4.78, 5) is 14.0. The first kappa shape index (κ1) is 19.7. The minimum absolute atomic E-state index is 0.0427. The number of hydrogen-bond donors (Lipinski definition) is 0. The van der Waals surface area contributed by atoms with Crippen LogP contribution in [0.5, 0.6) is 0 Å². The summed E-state index contributed by atoms with van der Waals surface area (Å²) < 4.78 is 5.24. The maximum Gasteiger partial charge on any atom is 0.253 e. The molecule has 0 unspecified atom stereocenters. The maximum atomic E-state index is 12.2. The van der Waals surface area contributed by atoms with Gasteiger partial charge in [0.25, 0.3) is 5.91 Å². The number of carbonyl (C=O) groups excluding carboxylic acids is 1. The van der Waals surface area contributed by atoms with E-state index in [1.165, 1.54) is 12.0 Å². The van der Waals surface area contributed by atoms with Crippen LogP contribution in [-0.4, -0.2) is 37.1 Å². The van der Waals surface area contributed by atoms with Crippen molar-refractivity contribution in [1.29, 1.82) is 0 Å². The monoisotopic (exact) mass is 293 g/mol. The second-order valence-electron chi connectivity index (χ2n) is 5.50. The molecule has 0 radical (unpaired) electrons. The molecule has 0 aromatic heterocycles. The molecule has 3 nitrogen and oxygen atoms in total. The van der Waals surface area contributed by atoms with Gasteiger partial charge in [0.1, 0.15) is 0 Å². The lowest BCUT2D eigenvalue weighted by Gasteiger charge is -2.27. The molecule has 0 atom stereocenters. The van der Waals surface area contributed by atoms with Crippen LogP contribution < -0.4 is 0 Å². The van der Waals surface area contributed by atoms with Crippen LogP contribution >= 0.6 is 0 Å². The van der Waals surface area contributed by atoms with Gasteiger partial charge in [0.05, 0.1) is 13.2 Å². The third-order valence-corrected chi connectivity index (χ3v) is 3.20. The van der Waals surface area contributed by atoms with Crippen LogP contribution in [0.2, 0.25) is 0 Å². The summed E-state index contributed by atoms with van der Waals surface area (Å²) in [6.45, 7) is 16.9. The van der Waals surface area contributed by atoms with Crippen LogP contribution in [0, 0.1) is 5.92 Å². The van der Waals surface area contributed by atoms with Crippen molar-refractivity contribution in [2.45, 2.75) is 41.0 Å². The molecule has 0 aromatic rings. The van der Waals surface area contributed by atoms with E-state index in [4.69, 9.17) is 4.74 Å². The minimum atomic E-state index is 0.0427. The van der Waals surface area contributed by atoms with Gasteiger partial charge < -0.3 is 9.64 Å². The predicted molar refractivity (Wildman–Crippen MR) is 90.2 cm³/mol. The average molecular weight is 293 g/mol. The quantitative estimate of drug-likeness (QED) is 0.579. The number of allylic oxidation sites excluding steroid dienone is 3. The second-order valence-corrected chi connectivity index (χ2v) is 5.50. The zero-order chi connectivity index (χ0) is 16.3. The fourth-order valence-corrected chi connectivity index (χ4v) is 1.59. The molecule has 1 saturated heterocycles. The van der Waals surface area contributed by atoms with Crippen LogP contribution in [0.15, 0.2) is 36.0 Å². The zero-order valence-corrected chi connectivity index (χ0v) is 14.3. The van der Waals surface area contributed by atoms with Crippen molar-refractivity contribution in [3.8, 4) is 0 Å². The SMILES string of the molecule is C=C/C(=C\C=C(/C)C(C)C)C(=O)N1CCOCC1.CCC. The Morgan fingerprint density at radius 2 is 1.76 bits per heavy atom. The highest BCUT2D eigenvalue weighted by molar-refractivity contribution is 5.96. The number of amides is 1. The summed E-state index contributed by atoms with van der Waals surface area (Å²) >= 11 is 0. The Labute approximate surface area is 130 Å². The fraction of sp³-hybridized carbons (Fsp3) is 0.611. The molecule has 1 aliphatic heterocycles. The van der Waals surface area contributed by atoms with E-state index in [0.29, 0.717) is 37.8 Å². The lowest BCUT2D eigenvalue weighted by molar-refractivity contribution is -0.130. The predicted octanol–water partition coefficient (Wildman–Crippen LogP) is 3.98. The van der Waals surface area contributed by atoms with Crippen molar-refractivity contribution in [3.63, 3.8) is 0 Å². The summed E-state index contributed by atoms with van der Waals surface area (Å²) in [5.74, 6) is 0.534. The lowest BCUT2D eigenvalue weighted by Crippen LogP contribution is -2.41. The fourth-order valence-electron chi connectivity index (χ4n) is 1.59. The van der Waals surface area contributed by atoms with Crippen LogP contribution in [0.4, 0.5) is 0 Å². The van der Waals surface area contributed by atoms with Gasteiger partial charge in [-0.2, -0.15) is 0 Å². The van der Waals surface area contributed by atoms with Gasteiger partial charge >= 0.3 is 0 Å². The van der Waals surface area contributed by atoms with Gasteiger partial charge in [-0.25, -0.2) is 0 Å². The Hall–Kier alpha value is -1.35. The third-order valence-electron chi connectivity index (χ3n) is 3.20. The van der Waals surface area contributed by atoms with E-state index in [0.717, 1.165) is 0 Å². The Morgan fingerprint density at radius 1 is 1.24 bits per heavy atom. The molecule has 0 spiro atoms. The normalized spacial score (nSPS) is 16.4. The van der Waals surface area contributed by atoms with E-state index >= 15 is 0 Å². The van der Waals surface area contributed by atoms with Gasteiger partial charge in [-0.15, -0.1) is 0 Å². The van der Waals surface area contributed by atoms with E-state index < -0.39 is 0 Å². The molecule has 1 fully saturated rings. The largest absolute Gasteiger partial charge is 0.378 e. The molecule has 1 rings (SSSR count). The number of morpholine rings is 1. The van der Waals surface area contributed by atoms with E-state index in [2.05, 4.69) is 41.2 Å². The average Bonchev–Trinajstić information content (AvgIpc) is 2.49. The van der Waals surface area contributed by atoms with Crippen molar-refractivity contribution in [2.24, 2.45) is 5.92 Å². The molecule has 21 heavy (non-hydrogen) atoms. The first-order valence-corrected chi connectivity index (χ1v) is 7.85. The number of hydrogen-bond acceptors (Lipinski definition) is 2. The van der Waals surface area contributed by atoms with E-state index in [1.54, 1.807) is 6.08 Å². The molecule has 0 N–H and O–H groups in total. The number of ether oxygens (including phenoxy) is 1. The first-order chi connectivity index (χ1) is 9.97. The Balaban J connectivity index is 0.00000122. The van der Waals surface area contributed by atoms with Gasteiger partial charge in [0, 0.05) is 18.7 Å². The number of nitrogens with zero attached hydrogens (tertiary/aromatic N) is 1. The summed E-state index contributed by atoms with van der Waals surface area (Å²) in [5.41, 5.74) is 1.90. The maximum absolute atomic E-state index is 12.2. The molecule has 1 aliphatic rings. The summed E-state index contributed by atoms with van der Waals surface area (Å²) in [6, 6.07) is 0. The Bertz CT molecular complexity index is 375. The second kappa shape index (κ2) is 11.3. The van der Waals surface area contributed by atoms with Gasteiger partial charge in [0.15, 0.2) is 0 Å². The topological polar surface area (TPSA) is 29.5 Å². The molecule has 0 bridgehead atoms. The van der Waals surface area contributed by atoms with Gasteiger partial charge in [-0.1, -0.05) is 58.4 Å². The van der Waals surface area contributed by atoms with Crippen molar-refractivity contribution >= 4 is 5.91 Å². The standard InChI is InChI=1S/C15H23NO2.C3H8/c1-5-14(7-6-13(4)12(2)3)15(17)16-8-10-18-11-9-16;1-3-2/h5-7,12H,1,8-11H2,2-4H3;3H2,1-2H3/b13-6+,14-7+;. The van der Waals surface area contributed by atoms with Crippen LogP contribution in [-0.2, 0) is 9.53 Å². The molecule has 1 heterocycles. The Kier molecular flexibility index (Phi) is 10.6. The molecular formula is C18H31NO2. The summed E-state index contributed by atoms with van der Waals surface area (Å²) in [7, 11) is 0. The highest BCUT2D eigenvalue weighted by Crippen LogP contribution is 2.11. The number of carbonyl (C=O) groups is 1. The molecule has 0 saturated carbocycles. The van der Waals surface area contributed by atoms with Gasteiger partial charge in [-0.05, 0) is 18.9 Å². The van der Waals surface area contributed by atoms with Crippen molar-refractivity contribution < 1.29 is 9.53 Å². The summed E-state index contributed by atoms with van der Waals surface area (Å²) in [6.07, 6.45) is 6.74. The van der Waals surface area contributed by atoms with Crippen molar-refractivity contribution in [3.05, 3.63) is 36.0 Å². The number of rotatable bonds is 4. The van der Waals surface area contributed by atoms with E-state index in [1.807, 2.05) is 17.1 Å². The first-order valence-electron chi connectivity index (χ1n) is 7.85. The third kappa shape index (κ3) is 7.86. The van der Waals surface area contributed by atoms with Crippen LogP contribution in [0.25, 0.3) is 0 Å². The van der Waals surface area contributed by atoms with Crippen LogP contribution in [0.1, 0.15) is 41.0 Å². The smallest absolute Gasteiger partial charge is 0.253 e.